The summed E-state index contributed by atoms with van der Waals surface area (Å²) >= 11 is 3.42. The van der Waals surface area contributed by atoms with Crippen LogP contribution < -0.4 is 15.8 Å². The maximum Gasteiger partial charge on any atom is 0.423 e. The number of carbonyl (C=O) groups is 1. The van der Waals surface area contributed by atoms with Crippen molar-refractivity contribution < 1.29 is 14.5 Å². The first-order chi connectivity index (χ1) is 12.1. The molecular weight excluding hydrogens is 382 g/mol. The average molecular weight is 409 g/mol. The fourth-order valence-corrected chi connectivity index (χ4v) is 4.52. The molecule has 136 valence electrons. The van der Waals surface area contributed by atoms with Gasteiger partial charge in [-0.25, -0.2) is 10.2 Å². The Morgan fingerprint density at radius 2 is 2.08 bits per heavy atom. The molecule has 2 bridgehead atoms. The lowest BCUT2D eigenvalue weighted by Gasteiger charge is -2.24. The highest BCUT2D eigenvalue weighted by Gasteiger charge is 2.43. The van der Waals surface area contributed by atoms with Crippen molar-refractivity contribution in [3.05, 3.63) is 28.7 Å². The number of rotatable bonds is 5. The van der Waals surface area contributed by atoms with Crippen molar-refractivity contribution in [2.45, 2.75) is 45.6 Å². The molecule has 0 heterocycles. The number of anilines is 1. The Bertz CT molecular complexity index is 632. The van der Waals surface area contributed by atoms with E-state index in [1.54, 1.807) is 0 Å². The molecule has 0 spiro atoms. The molecule has 6 heteroatoms. The van der Waals surface area contributed by atoms with E-state index in [1.165, 1.54) is 25.7 Å². The van der Waals surface area contributed by atoms with Gasteiger partial charge in [-0.15, -0.1) is 0 Å². The quantitative estimate of drug-likeness (QED) is 0.302. The Balaban J connectivity index is 1.67. The van der Waals surface area contributed by atoms with Gasteiger partial charge in [0.05, 0.1) is 18.3 Å². The Kier molecular flexibility index (Phi) is 5.99. The van der Waals surface area contributed by atoms with Gasteiger partial charge < -0.3 is 4.74 Å². The number of esters is 1. The molecule has 0 aliphatic heterocycles. The van der Waals surface area contributed by atoms with Crippen LogP contribution in [-0.2, 0) is 9.53 Å². The minimum absolute atomic E-state index is 0.244. The standard InChI is InChI=1S/C19H26BrN3O2/c1-3-25-19(24)18(23-22-16-8-6-15(20)7-9-16)21-12(2)17-11-13-4-5-14(17)10-13/h6-9,12-14,17,22H,3-5,10-11H2,1-2H3,(H,21,23)/p+1/t12-,13+,14-,17+/m0/s1. The van der Waals surface area contributed by atoms with Gasteiger partial charge in [-0.2, -0.15) is 5.43 Å². The van der Waals surface area contributed by atoms with E-state index in [1.807, 2.05) is 31.2 Å². The second-order valence-corrected chi connectivity index (χ2v) is 8.04. The van der Waals surface area contributed by atoms with E-state index < -0.39 is 0 Å². The van der Waals surface area contributed by atoms with Gasteiger partial charge in [0.1, 0.15) is 0 Å². The van der Waals surface area contributed by atoms with Crippen LogP contribution in [0.3, 0.4) is 0 Å². The topological polar surface area (TPSA) is 64.3 Å². The number of ether oxygens (including phenoxy) is 1. The number of hydrogen-bond donors (Lipinski definition) is 3. The molecule has 0 radical (unpaired) electrons. The summed E-state index contributed by atoms with van der Waals surface area (Å²) in [5.74, 6) is 2.34. The molecule has 2 aliphatic rings. The van der Waals surface area contributed by atoms with Crippen LogP contribution >= 0.6 is 15.9 Å². The van der Waals surface area contributed by atoms with Crippen molar-refractivity contribution in [1.29, 1.82) is 0 Å². The fourth-order valence-electron chi connectivity index (χ4n) is 4.26. The third-order valence-corrected chi connectivity index (χ3v) is 5.99. The lowest BCUT2D eigenvalue weighted by atomic mass is 9.84. The lowest BCUT2D eigenvalue weighted by molar-refractivity contribution is -0.512. The van der Waals surface area contributed by atoms with E-state index in [0.717, 1.165) is 22.0 Å². The maximum absolute atomic E-state index is 12.3. The molecule has 2 fully saturated rings. The molecule has 3 rings (SSSR count). The van der Waals surface area contributed by atoms with E-state index in [4.69, 9.17) is 4.74 Å². The molecule has 2 aliphatic carbocycles. The minimum Gasteiger partial charge on any atom is -0.457 e. The molecular formula is C19H27BrN3O2+. The smallest absolute Gasteiger partial charge is 0.423 e. The monoisotopic (exact) mass is 408 g/mol. The molecule has 0 unspecified atom stereocenters. The number of nitrogens with one attached hydrogen (secondary N) is 3. The first-order valence-corrected chi connectivity index (χ1v) is 9.94. The van der Waals surface area contributed by atoms with Crippen LogP contribution in [0.4, 0.5) is 5.69 Å². The van der Waals surface area contributed by atoms with Crippen molar-refractivity contribution in [3.8, 4) is 0 Å². The predicted molar refractivity (Wildman–Crippen MR) is 102 cm³/mol. The van der Waals surface area contributed by atoms with Crippen LogP contribution in [0.1, 0.15) is 39.5 Å². The Morgan fingerprint density at radius 1 is 1.32 bits per heavy atom. The summed E-state index contributed by atoms with van der Waals surface area (Å²) in [6.07, 6.45) is 5.34. The van der Waals surface area contributed by atoms with Crippen LogP contribution in [0.15, 0.2) is 28.7 Å². The minimum atomic E-state index is -0.359. The van der Waals surface area contributed by atoms with Crippen molar-refractivity contribution in [3.63, 3.8) is 0 Å². The first-order valence-electron chi connectivity index (χ1n) is 9.15. The molecule has 1 aromatic carbocycles. The van der Waals surface area contributed by atoms with Gasteiger partial charge in [0.2, 0.25) is 0 Å². The van der Waals surface area contributed by atoms with Crippen LogP contribution in [0.25, 0.3) is 0 Å². The summed E-state index contributed by atoms with van der Waals surface area (Å²) in [5, 5.41) is 0. The average Bonchev–Trinajstić information content (AvgIpc) is 3.23. The number of benzene rings is 1. The molecule has 3 N–H and O–H groups in total. The highest BCUT2D eigenvalue weighted by molar-refractivity contribution is 9.10. The first kappa shape index (κ1) is 18.2. The number of fused-ring (bicyclic) bond motifs is 2. The van der Waals surface area contributed by atoms with Gasteiger partial charge in [-0.3, -0.25) is 4.99 Å². The third-order valence-electron chi connectivity index (χ3n) is 5.46. The molecule has 0 saturated heterocycles. The molecule has 1 aromatic rings. The second kappa shape index (κ2) is 8.21. The summed E-state index contributed by atoms with van der Waals surface area (Å²) in [6.45, 7) is 4.34. The predicted octanol–water partition coefficient (Wildman–Crippen LogP) is 2.23. The van der Waals surface area contributed by atoms with Crippen LogP contribution in [-0.4, -0.2) is 24.5 Å². The zero-order chi connectivity index (χ0) is 17.8. The largest absolute Gasteiger partial charge is 0.457 e. The zero-order valence-electron chi connectivity index (χ0n) is 14.8. The van der Waals surface area contributed by atoms with E-state index in [-0.39, 0.29) is 12.0 Å². The van der Waals surface area contributed by atoms with Gasteiger partial charge >= 0.3 is 11.8 Å². The number of carbonyl (C=O) groups excluding carboxylic acids is 1. The van der Waals surface area contributed by atoms with Crippen LogP contribution in [0.5, 0.6) is 0 Å². The fraction of sp³-hybridized carbons (Fsp3) is 0.579. The van der Waals surface area contributed by atoms with E-state index in [0.29, 0.717) is 18.4 Å². The summed E-state index contributed by atoms with van der Waals surface area (Å²) in [4.78, 5) is 15.7. The number of halogens is 1. The zero-order valence-corrected chi connectivity index (χ0v) is 16.4. The van der Waals surface area contributed by atoms with Crippen molar-refractivity contribution >= 4 is 33.4 Å². The van der Waals surface area contributed by atoms with Crippen molar-refractivity contribution in [2.24, 2.45) is 17.8 Å². The third kappa shape index (κ3) is 4.54. The number of amidine groups is 1. The molecule has 2 saturated carbocycles. The Labute approximate surface area is 157 Å². The van der Waals surface area contributed by atoms with Gasteiger partial charge in [-0.05, 0) is 69.2 Å². The van der Waals surface area contributed by atoms with Crippen LogP contribution in [0, 0.1) is 17.8 Å². The van der Waals surface area contributed by atoms with E-state index >= 15 is 0 Å². The maximum atomic E-state index is 12.3. The Morgan fingerprint density at radius 3 is 2.68 bits per heavy atom. The van der Waals surface area contributed by atoms with Gasteiger partial charge in [-0.1, -0.05) is 22.4 Å². The van der Waals surface area contributed by atoms with Gasteiger partial charge in [0.15, 0.2) is 0 Å². The van der Waals surface area contributed by atoms with E-state index in [2.05, 4.69) is 38.7 Å². The SMILES string of the molecule is CCOC(=O)C(NNc1ccc(Br)cc1)=[NH+][C@@H](C)[C@H]1C[C@@H]2CC[C@H]1C2. The Hall–Kier alpha value is -1.56. The molecule has 5 nitrogen and oxygen atoms in total. The summed E-state index contributed by atoms with van der Waals surface area (Å²) in [6, 6.07) is 7.99. The highest BCUT2D eigenvalue weighted by Crippen LogP contribution is 2.48. The van der Waals surface area contributed by atoms with Crippen molar-refractivity contribution in [2.75, 3.05) is 12.0 Å². The molecule has 0 aromatic heterocycles. The van der Waals surface area contributed by atoms with Crippen LogP contribution in [0.2, 0.25) is 0 Å². The number of hydrazine groups is 1. The summed E-state index contributed by atoms with van der Waals surface area (Å²) < 4.78 is 6.20. The number of hydrogen-bond acceptors (Lipinski definition) is 3. The lowest BCUT2D eigenvalue weighted by Crippen LogP contribution is -2.85. The van der Waals surface area contributed by atoms with E-state index in [9.17, 15) is 4.79 Å². The molecule has 25 heavy (non-hydrogen) atoms. The van der Waals surface area contributed by atoms with Crippen molar-refractivity contribution in [1.82, 2.24) is 5.43 Å². The van der Waals surface area contributed by atoms with Gasteiger partial charge in [0, 0.05) is 10.4 Å². The normalized spacial score (nSPS) is 26.4. The molecule has 4 atom stereocenters. The highest BCUT2D eigenvalue weighted by atomic mass is 79.9. The summed E-state index contributed by atoms with van der Waals surface area (Å²) in [5.41, 5.74) is 6.95. The molecule has 0 amide bonds. The second-order valence-electron chi connectivity index (χ2n) is 7.12. The summed E-state index contributed by atoms with van der Waals surface area (Å²) in [7, 11) is 0. The van der Waals surface area contributed by atoms with Gasteiger partial charge in [0.25, 0.3) is 0 Å².